The summed E-state index contributed by atoms with van der Waals surface area (Å²) in [6.45, 7) is 2.67. The van der Waals surface area contributed by atoms with Crippen molar-refractivity contribution in [3.8, 4) is 23.0 Å². The number of methoxy groups -OCH3 is 2. The summed E-state index contributed by atoms with van der Waals surface area (Å²) in [5, 5.41) is 4.69. The molecule has 0 unspecified atom stereocenters. The number of carbonyl (C=O) groups excluding carboxylic acids is 1. The minimum atomic E-state index is -0.407. The third-order valence-corrected chi connectivity index (χ3v) is 5.01. The molecule has 1 N–H and O–H groups in total. The number of rotatable bonds is 10. The molecule has 0 heterocycles. The van der Waals surface area contributed by atoms with Gasteiger partial charge in [0.05, 0.1) is 32.6 Å². The molecule has 0 spiro atoms. The molecule has 3 aromatic rings. The van der Waals surface area contributed by atoms with Crippen LogP contribution in [0, 0.1) is 0 Å². The summed E-state index contributed by atoms with van der Waals surface area (Å²) < 4.78 is 22.0. The summed E-state index contributed by atoms with van der Waals surface area (Å²) in [5.41, 5.74) is 4.45. The van der Waals surface area contributed by atoms with Crippen molar-refractivity contribution in [2.45, 2.75) is 13.5 Å². The Balaban J connectivity index is 1.68. The van der Waals surface area contributed by atoms with E-state index in [9.17, 15) is 4.79 Å². The first-order valence-electron chi connectivity index (χ1n) is 10.2. The molecule has 0 saturated heterocycles. The average Bonchev–Trinajstić information content (AvgIpc) is 2.84. The zero-order valence-electron chi connectivity index (χ0n) is 18.6. The Morgan fingerprint density at radius 2 is 1.79 bits per heavy atom. The Morgan fingerprint density at radius 3 is 2.52 bits per heavy atom. The number of nitrogens with zero attached hydrogens (tertiary/aromatic N) is 1. The molecule has 0 radical (unpaired) electrons. The standard InChI is InChI=1S/C25H25ClN2O5/c1-4-32-24-13-17(9-12-22(24)33-16-18-7-5-6-8-21(18)26)15-27-28-25(29)20-11-10-19(30-2)14-23(20)31-3/h5-15H,4,16H2,1-3H3,(H,28,29). The molecule has 0 saturated carbocycles. The van der Waals surface area contributed by atoms with Crippen LogP contribution in [0.3, 0.4) is 0 Å². The highest BCUT2D eigenvalue weighted by Gasteiger charge is 2.13. The van der Waals surface area contributed by atoms with Crippen molar-refractivity contribution in [1.82, 2.24) is 5.43 Å². The number of hydrogen-bond donors (Lipinski definition) is 1. The third kappa shape index (κ3) is 6.40. The Hall–Kier alpha value is -3.71. The van der Waals surface area contributed by atoms with E-state index < -0.39 is 5.91 Å². The average molecular weight is 469 g/mol. The van der Waals surface area contributed by atoms with Crippen LogP contribution in [-0.4, -0.2) is 32.9 Å². The number of hydrogen-bond acceptors (Lipinski definition) is 6. The van der Waals surface area contributed by atoms with E-state index in [1.165, 1.54) is 13.3 Å². The number of nitrogens with one attached hydrogen (secondary N) is 1. The minimum Gasteiger partial charge on any atom is -0.497 e. The second-order valence-corrected chi connectivity index (χ2v) is 7.19. The van der Waals surface area contributed by atoms with Crippen molar-refractivity contribution in [3.63, 3.8) is 0 Å². The van der Waals surface area contributed by atoms with Crippen molar-refractivity contribution >= 4 is 23.7 Å². The number of amides is 1. The second-order valence-electron chi connectivity index (χ2n) is 6.78. The van der Waals surface area contributed by atoms with E-state index in [0.29, 0.717) is 46.8 Å². The lowest BCUT2D eigenvalue weighted by atomic mass is 10.2. The summed E-state index contributed by atoms with van der Waals surface area (Å²) >= 11 is 6.20. The first kappa shape index (κ1) is 23.9. The van der Waals surface area contributed by atoms with E-state index in [0.717, 1.165) is 11.1 Å². The molecule has 0 aliphatic carbocycles. The van der Waals surface area contributed by atoms with Crippen LogP contribution < -0.4 is 24.4 Å². The predicted molar refractivity (Wildman–Crippen MR) is 128 cm³/mol. The maximum atomic E-state index is 12.5. The first-order valence-corrected chi connectivity index (χ1v) is 10.6. The molecular formula is C25H25ClN2O5. The second kappa shape index (κ2) is 11.8. The third-order valence-electron chi connectivity index (χ3n) is 4.64. The molecule has 0 aliphatic heterocycles. The van der Waals surface area contributed by atoms with Gasteiger partial charge in [-0.3, -0.25) is 4.79 Å². The van der Waals surface area contributed by atoms with Crippen molar-refractivity contribution < 1.29 is 23.7 Å². The number of benzene rings is 3. The van der Waals surface area contributed by atoms with Crippen LogP contribution in [0.4, 0.5) is 0 Å². The van der Waals surface area contributed by atoms with Gasteiger partial charge in [0.25, 0.3) is 5.91 Å². The van der Waals surface area contributed by atoms with Gasteiger partial charge in [-0.15, -0.1) is 0 Å². The monoisotopic (exact) mass is 468 g/mol. The van der Waals surface area contributed by atoms with E-state index in [1.807, 2.05) is 37.3 Å². The van der Waals surface area contributed by atoms with Gasteiger partial charge in [-0.05, 0) is 48.9 Å². The lowest BCUT2D eigenvalue weighted by molar-refractivity contribution is 0.0952. The fourth-order valence-electron chi connectivity index (χ4n) is 2.98. The first-order chi connectivity index (χ1) is 16.0. The number of hydrazone groups is 1. The van der Waals surface area contributed by atoms with Gasteiger partial charge in [-0.1, -0.05) is 29.8 Å². The summed E-state index contributed by atoms with van der Waals surface area (Å²) in [6.07, 6.45) is 1.52. The molecule has 0 aliphatic rings. The molecule has 8 heteroatoms. The minimum absolute atomic E-state index is 0.312. The van der Waals surface area contributed by atoms with E-state index >= 15 is 0 Å². The molecule has 7 nitrogen and oxygen atoms in total. The fourth-order valence-corrected chi connectivity index (χ4v) is 3.17. The van der Waals surface area contributed by atoms with Crippen LogP contribution in [0.25, 0.3) is 0 Å². The van der Waals surface area contributed by atoms with Crippen molar-refractivity contribution in [1.29, 1.82) is 0 Å². The summed E-state index contributed by atoms with van der Waals surface area (Å²) in [7, 11) is 3.03. The normalized spacial score (nSPS) is 10.7. The highest BCUT2D eigenvalue weighted by Crippen LogP contribution is 2.30. The van der Waals surface area contributed by atoms with Gasteiger partial charge in [-0.25, -0.2) is 5.43 Å². The topological polar surface area (TPSA) is 78.4 Å². The molecule has 0 bridgehead atoms. The number of ether oxygens (including phenoxy) is 4. The molecule has 3 aromatic carbocycles. The summed E-state index contributed by atoms with van der Waals surface area (Å²) in [5.74, 6) is 1.72. The maximum absolute atomic E-state index is 12.5. The van der Waals surface area contributed by atoms with Gasteiger partial charge in [0.1, 0.15) is 18.1 Å². The Bertz CT molecular complexity index is 1130. The van der Waals surface area contributed by atoms with E-state index in [4.69, 9.17) is 30.5 Å². The van der Waals surface area contributed by atoms with Crippen LogP contribution in [0.1, 0.15) is 28.4 Å². The summed E-state index contributed by atoms with van der Waals surface area (Å²) in [6, 6.07) is 17.8. The predicted octanol–water partition coefficient (Wildman–Crippen LogP) is 5.10. The SMILES string of the molecule is CCOc1cc(C=NNC(=O)c2ccc(OC)cc2OC)ccc1OCc1ccccc1Cl. The zero-order valence-corrected chi connectivity index (χ0v) is 19.4. The van der Waals surface area contributed by atoms with Gasteiger partial charge in [-0.2, -0.15) is 5.10 Å². The van der Waals surface area contributed by atoms with Crippen LogP contribution in [0.15, 0.2) is 65.8 Å². The highest BCUT2D eigenvalue weighted by molar-refractivity contribution is 6.31. The van der Waals surface area contributed by atoms with Gasteiger partial charge in [0.15, 0.2) is 11.5 Å². The van der Waals surface area contributed by atoms with Gasteiger partial charge < -0.3 is 18.9 Å². The van der Waals surface area contributed by atoms with Crippen LogP contribution in [-0.2, 0) is 6.61 Å². The lowest BCUT2D eigenvalue weighted by Crippen LogP contribution is -2.18. The largest absolute Gasteiger partial charge is 0.497 e. The van der Waals surface area contributed by atoms with Crippen LogP contribution in [0.5, 0.6) is 23.0 Å². The quantitative estimate of drug-likeness (QED) is 0.331. The van der Waals surface area contributed by atoms with Gasteiger partial charge in [0, 0.05) is 16.7 Å². The Kier molecular flexibility index (Phi) is 8.55. The van der Waals surface area contributed by atoms with E-state index in [-0.39, 0.29) is 0 Å². The lowest BCUT2D eigenvalue weighted by Gasteiger charge is -2.13. The van der Waals surface area contributed by atoms with Crippen LogP contribution >= 0.6 is 11.6 Å². The number of carbonyl (C=O) groups is 1. The van der Waals surface area contributed by atoms with Gasteiger partial charge in [0.2, 0.25) is 0 Å². The van der Waals surface area contributed by atoms with Gasteiger partial charge >= 0.3 is 0 Å². The van der Waals surface area contributed by atoms with E-state index in [1.54, 1.807) is 37.4 Å². The molecule has 1 amide bonds. The number of halogens is 1. The van der Waals surface area contributed by atoms with Crippen molar-refractivity contribution in [3.05, 3.63) is 82.4 Å². The molecule has 0 fully saturated rings. The molecule has 0 aromatic heterocycles. The molecule has 0 atom stereocenters. The summed E-state index contributed by atoms with van der Waals surface area (Å²) in [4.78, 5) is 12.5. The van der Waals surface area contributed by atoms with E-state index in [2.05, 4.69) is 10.5 Å². The molecular weight excluding hydrogens is 444 g/mol. The van der Waals surface area contributed by atoms with Crippen molar-refractivity contribution in [2.24, 2.45) is 5.10 Å². The smallest absolute Gasteiger partial charge is 0.275 e. The fraction of sp³-hybridized carbons (Fsp3) is 0.200. The molecule has 172 valence electrons. The zero-order chi connectivity index (χ0) is 23.6. The maximum Gasteiger partial charge on any atom is 0.275 e. The van der Waals surface area contributed by atoms with Crippen LogP contribution in [0.2, 0.25) is 5.02 Å². The van der Waals surface area contributed by atoms with Crippen molar-refractivity contribution in [2.75, 3.05) is 20.8 Å². The Morgan fingerprint density at radius 1 is 0.970 bits per heavy atom. The molecule has 3 rings (SSSR count). The molecule has 33 heavy (non-hydrogen) atoms. The highest BCUT2D eigenvalue weighted by atomic mass is 35.5. The Labute approximate surface area is 197 Å².